The Hall–Kier alpha value is -1.31. The van der Waals surface area contributed by atoms with Crippen LogP contribution in [0.3, 0.4) is 0 Å². The number of nitrogens with zero attached hydrogens (tertiary/aromatic N) is 2. The summed E-state index contributed by atoms with van der Waals surface area (Å²) in [6.45, 7) is 6.86. The van der Waals surface area contributed by atoms with Crippen LogP contribution >= 0.6 is 0 Å². The maximum atomic E-state index is 2.45. The molecule has 2 rings (SSSR count). The third-order valence-corrected chi connectivity index (χ3v) is 4.28. The molecule has 21 heavy (non-hydrogen) atoms. The highest BCUT2D eigenvalue weighted by molar-refractivity contribution is 5.71. The molecule has 1 heterocycles. The third kappa shape index (κ3) is 4.59. The maximum absolute atomic E-state index is 2.45. The molecule has 1 aromatic carbocycles. The molecule has 0 radical (unpaired) electrons. The quantitative estimate of drug-likeness (QED) is 0.425. The van der Waals surface area contributed by atoms with Crippen molar-refractivity contribution in [1.82, 2.24) is 4.57 Å². The summed E-state index contributed by atoms with van der Waals surface area (Å²) in [5, 5.41) is 0. The molecule has 2 heteroatoms. The van der Waals surface area contributed by atoms with E-state index in [2.05, 4.69) is 53.6 Å². The van der Waals surface area contributed by atoms with E-state index in [4.69, 9.17) is 0 Å². The molecule has 0 N–H and O–H groups in total. The van der Waals surface area contributed by atoms with E-state index in [1.807, 2.05) is 0 Å². The van der Waals surface area contributed by atoms with E-state index in [-0.39, 0.29) is 0 Å². The lowest BCUT2D eigenvalue weighted by molar-refractivity contribution is -0.672. The molecule has 1 aromatic heterocycles. The number of rotatable bonds is 10. The van der Waals surface area contributed by atoms with Gasteiger partial charge in [0, 0.05) is 0 Å². The second kappa shape index (κ2) is 8.86. The highest BCUT2D eigenvalue weighted by Crippen LogP contribution is 2.13. The highest BCUT2D eigenvalue weighted by atomic mass is 15.1. The van der Waals surface area contributed by atoms with Gasteiger partial charge in [-0.1, -0.05) is 51.7 Å². The molecule has 0 fully saturated rings. The second-order valence-electron chi connectivity index (χ2n) is 6.11. The zero-order valence-electron chi connectivity index (χ0n) is 13.9. The van der Waals surface area contributed by atoms with Crippen molar-refractivity contribution in [3.05, 3.63) is 30.6 Å². The molecular formula is C19H31N2+. The van der Waals surface area contributed by atoms with Gasteiger partial charge in [0.15, 0.2) is 11.0 Å². The van der Waals surface area contributed by atoms with Crippen molar-refractivity contribution in [3.8, 4) is 0 Å². The number of aromatic nitrogens is 2. The van der Waals surface area contributed by atoms with Crippen LogP contribution in [0, 0.1) is 0 Å². The largest absolute Gasteiger partial charge is 0.244 e. The zero-order chi connectivity index (χ0) is 14.9. The molecule has 0 amide bonds. The average molecular weight is 287 g/mol. The van der Waals surface area contributed by atoms with Gasteiger partial charge in [-0.25, -0.2) is 9.13 Å². The van der Waals surface area contributed by atoms with Gasteiger partial charge in [-0.2, -0.15) is 0 Å². The van der Waals surface area contributed by atoms with E-state index in [0.29, 0.717) is 0 Å². The van der Waals surface area contributed by atoms with Gasteiger partial charge in [-0.15, -0.1) is 0 Å². The summed E-state index contributed by atoms with van der Waals surface area (Å²) < 4.78 is 4.90. The number of aryl methyl sites for hydroxylation is 2. The lowest BCUT2D eigenvalue weighted by Crippen LogP contribution is -2.32. The topological polar surface area (TPSA) is 8.81 Å². The Morgan fingerprint density at radius 3 is 2.33 bits per heavy atom. The van der Waals surface area contributed by atoms with Crippen molar-refractivity contribution in [2.24, 2.45) is 0 Å². The summed E-state index contributed by atoms with van der Waals surface area (Å²) in [7, 11) is 0. The molecule has 116 valence electrons. The SMILES string of the molecule is CCCCCCn1c[n+](CCCCCC)c2ccccc21. The summed E-state index contributed by atoms with van der Waals surface area (Å²) in [5.74, 6) is 0. The van der Waals surface area contributed by atoms with Gasteiger partial charge >= 0.3 is 0 Å². The standard InChI is InChI=1S/C19H31N2/c1-3-5-7-11-15-20-17-21(16-12-8-6-4-2)19-14-10-9-13-18(19)20/h9-10,13-14,17H,3-8,11-12,15-16H2,1-2H3/q+1. The highest BCUT2D eigenvalue weighted by Gasteiger charge is 2.14. The van der Waals surface area contributed by atoms with Crippen molar-refractivity contribution >= 4 is 11.0 Å². The first kappa shape index (κ1) is 16.1. The molecule has 0 saturated carbocycles. The molecule has 0 atom stereocenters. The fourth-order valence-electron chi connectivity index (χ4n) is 3.02. The molecule has 0 aliphatic carbocycles. The summed E-state index contributed by atoms with van der Waals surface area (Å²) in [5.41, 5.74) is 2.79. The Morgan fingerprint density at radius 2 is 1.57 bits per heavy atom. The minimum atomic E-state index is 1.16. The van der Waals surface area contributed by atoms with Gasteiger partial charge in [0.1, 0.15) is 0 Å². The Labute approximate surface area is 129 Å². The molecule has 0 bridgehead atoms. The molecule has 0 unspecified atom stereocenters. The van der Waals surface area contributed by atoms with Crippen molar-refractivity contribution in [1.29, 1.82) is 0 Å². The predicted octanol–water partition coefficient (Wildman–Crippen LogP) is 5.09. The van der Waals surface area contributed by atoms with Crippen LogP contribution in [0.25, 0.3) is 11.0 Å². The van der Waals surface area contributed by atoms with Crippen LogP contribution in [0.2, 0.25) is 0 Å². The van der Waals surface area contributed by atoms with Gasteiger partial charge < -0.3 is 0 Å². The minimum absolute atomic E-state index is 1.16. The minimum Gasteiger partial charge on any atom is -0.230 e. The smallest absolute Gasteiger partial charge is 0.230 e. The Kier molecular flexibility index (Phi) is 6.78. The van der Waals surface area contributed by atoms with Crippen LogP contribution in [0.15, 0.2) is 30.6 Å². The summed E-state index contributed by atoms with van der Waals surface area (Å²) in [6.07, 6.45) is 13.0. The van der Waals surface area contributed by atoms with E-state index in [1.54, 1.807) is 0 Å². The first-order valence-electron chi connectivity index (χ1n) is 8.84. The molecule has 2 aromatic rings. The predicted molar refractivity (Wildman–Crippen MR) is 90.4 cm³/mol. The van der Waals surface area contributed by atoms with Crippen LogP contribution in [0.1, 0.15) is 65.2 Å². The summed E-state index contributed by atoms with van der Waals surface area (Å²) >= 11 is 0. The number of imidazole rings is 1. The normalized spacial score (nSPS) is 11.3. The van der Waals surface area contributed by atoms with Crippen LogP contribution in [-0.2, 0) is 13.1 Å². The van der Waals surface area contributed by atoms with E-state index >= 15 is 0 Å². The first-order valence-corrected chi connectivity index (χ1v) is 8.84. The molecule has 0 spiro atoms. The number of benzene rings is 1. The van der Waals surface area contributed by atoms with Gasteiger partial charge in [-0.05, 0) is 37.8 Å². The van der Waals surface area contributed by atoms with Gasteiger partial charge in [-0.3, -0.25) is 0 Å². The third-order valence-electron chi connectivity index (χ3n) is 4.28. The van der Waals surface area contributed by atoms with Crippen molar-refractivity contribution in [2.45, 2.75) is 78.3 Å². The molecule has 0 aliphatic rings. The average Bonchev–Trinajstić information content (AvgIpc) is 2.87. The number of hydrogen-bond acceptors (Lipinski definition) is 0. The number of hydrogen-bond donors (Lipinski definition) is 0. The van der Waals surface area contributed by atoms with E-state index in [1.165, 1.54) is 62.4 Å². The van der Waals surface area contributed by atoms with Gasteiger partial charge in [0.25, 0.3) is 0 Å². The van der Waals surface area contributed by atoms with Crippen molar-refractivity contribution in [3.63, 3.8) is 0 Å². The summed E-state index contributed by atoms with van der Waals surface area (Å²) in [6, 6.07) is 8.84. The van der Waals surface area contributed by atoms with Crippen molar-refractivity contribution in [2.75, 3.05) is 0 Å². The van der Waals surface area contributed by atoms with E-state index in [0.717, 1.165) is 13.1 Å². The Balaban J connectivity index is 2.03. The Morgan fingerprint density at radius 1 is 0.857 bits per heavy atom. The first-order chi connectivity index (χ1) is 10.4. The molecule has 0 aliphatic heterocycles. The Bertz CT molecular complexity index is 481. The number of para-hydroxylation sites is 2. The van der Waals surface area contributed by atoms with Gasteiger partial charge in [0.2, 0.25) is 6.33 Å². The van der Waals surface area contributed by atoms with Crippen LogP contribution in [0.5, 0.6) is 0 Å². The second-order valence-corrected chi connectivity index (χ2v) is 6.11. The maximum Gasteiger partial charge on any atom is 0.244 e. The molecular weight excluding hydrogens is 256 g/mol. The lowest BCUT2D eigenvalue weighted by atomic mass is 10.2. The van der Waals surface area contributed by atoms with Crippen LogP contribution in [0.4, 0.5) is 0 Å². The molecule has 0 saturated heterocycles. The number of fused-ring (bicyclic) bond motifs is 1. The van der Waals surface area contributed by atoms with Crippen molar-refractivity contribution < 1.29 is 4.57 Å². The number of unbranched alkanes of at least 4 members (excludes halogenated alkanes) is 6. The fraction of sp³-hybridized carbons (Fsp3) is 0.632. The molecule has 2 nitrogen and oxygen atoms in total. The fourth-order valence-corrected chi connectivity index (χ4v) is 3.02. The van der Waals surface area contributed by atoms with Crippen LogP contribution < -0.4 is 4.57 Å². The van der Waals surface area contributed by atoms with Crippen LogP contribution in [-0.4, -0.2) is 4.57 Å². The van der Waals surface area contributed by atoms with Gasteiger partial charge in [0.05, 0.1) is 13.1 Å². The lowest BCUT2D eigenvalue weighted by Gasteiger charge is -1.98. The summed E-state index contributed by atoms with van der Waals surface area (Å²) in [4.78, 5) is 0. The van der Waals surface area contributed by atoms with E-state index < -0.39 is 0 Å². The zero-order valence-corrected chi connectivity index (χ0v) is 13.9. The van der Waals surface area contributed by atoms with E-state index in [9.17, 15) is 0 Å². The monoisotopic (exact) mass is 287 g/mol.